The standard InChI is InChI=1S/C49H44O2/c1-29-17-18-32-27-35(20-19-31(32)25-29)47-39-14-4-2-12-37(39)46(38-13-3-5-15-40(38)47)34-10-8-9-30(26-34)33-21-24-45-43(28-33)42-23-22-41-36-11-6-7-16-44(36)50-48(41)49(42)51-45/h2,4-7,11-12,14-20,22-23,26-27,29,33-34,42,49H,3,8-10,13,21,24-25,28H2,1H3. The van der Waals surface area contributed by atoms with E-state index in [0.29, 0.717) is 17.8 Å². The average Bonchev–Trinajstić information content (AvgIpc) is 3.75. The molecule has 0 fully saturated rings. The van der Waals surface area contributed by atoms with Gasteiger partial charge in [0.05, 0.1) is 5.76 Å². The molecule has 2 heterocycles. The molecule has 0 amide bonds. The van der Waals surface area contributed by atoms with E-state index in [-0.39, 0.29) is 12.0 Å². The fraction of sp³-hybridized carbons (Fsp3) is 0.306. The Morgan fingerprint density at radius 3 is 2.59 bits per heavy atom. The van der Waals surface area contributed by atoms with E-state index in [0.717, 1.165) is 43.4 Å². The van der Waals surface area contributed by atoms with E-state index in [2.05, 4.69) is 116 Å². The monoisotopic (exact) mass is 664 g/mol. The number of para-hydroxylation sites is 1. The summed E-state index contributed by atoms with van der Waals surface area (Å²) >= 11 is 0. The molecule has 5 aromatic rings. The van der Waals surface area contributed by atoms with Crippen LogP contribution in [0.1, 0.15) is 103 Å². The van der Waals surface area contributed by atoms with Crippen molar-refractivity contribution in [1.82, 2.24) is 0 Å². The molecule has 4 aromatic carbocycles. The van der Waals surface area contributed by atoms with Crippen LogP contribution in [0.15, 0.2) is 112 Å². The summed E-state index contributed by atoms with van der Waals surface area (Å²) in [5.74, 6) is 4.19. The van der Waals surface area contributed by atoms with Crippen LogP contribution in [0.5, 0.6) is 0 Å². The summed E-state index contributed by atoms with van der Waals surface area (Å²) in [6.07, 6.45) is 27.4. The Hall–Kier alpha value is -4.82. The topological polar surface area (TPSA) is 22.4 Å². The highest BCUT2D eigenvalue weighted by Crippen LogP contribution is 2.55. The van der Waals surface area contributed by atoms with Crippen LogP contribution in [-0.4, -0.2) is 0 Å². The van der Waals surface area contributed by atoms with Gasteiger partial charge in [0, 0.05) is 29.2 Å². The lowest BCUT2D eigenvalue weighted by molar-refractivity contribution is 0.0985. The minimum absolute atomic E-state index is 0.0200. The van der Waals surface area contributed by atoms with Crippen LogP contribution in [0.2, 0.25) is 0 Å². The summed E-state index contributed by atoms with van der Waals surface area (Å²) in [6.45, 7) is 2.32. The molecule has 1 aliphatic heterocycles. The Morgan fingerprint density at radius 1 is 0.765 bits per heavy atom. The van der Waals surface area contributed by atoms with Crippen molar-refractivity contribution in [2.45, 2.75) is 76.7 Å². The number of ether oxygens (including phenoxy) is 1. The number of fused-ring (bicyclic) bond motifs is 9. The second-order valence-corrected chi connectivity index (χ2v) is 16.0. The fourth-order valence-electron chi connectivity index (χ4n) is 10.7. The molecule has 5 unspecified atom stereocenters. The van der Waals surface area contributed by atoms with Gasteiger partial charge in [0.15, 0.2) is 11.9 Å². The van der Waals surface area contributed by atoms with Crippen LogP contribution in [0.3, 0.4) is 0 Å². The van der Waals surface area contributed by atoms with Crippen molar-refractivity contribution in [3.63, 3.8) is 0 Å². The maximum atomic E-state index is 6.75. The van der Waals surface area contributed by atoms with Gasteiger partial charge in [0.2, 0.25) is 0 Å². The Balaban J connectivity index is 0.951. The van der Waals surface area contributed by atoms with Gasteiger partial charge in [-0.15, -0.1) is 0 Å². The van der Waals surface area contributed by atoms with Crippen LogP contribution >= 0.6 is 0 Å². The van der Waals surface area contributed by atoms with Gasteiger partial charge in [0.25, 0.3) is 0 Å². The van der Waals surface area contributed by atoms with Crippen molar-refractivity contribution >= 4 is 40.0 Å². The van der Waals surface area contributed by atoms with Crippen LogP contribution in [0, 0.1) is 17.8 Å². The fourth-order valence-corrected chi connectivity index (χ4v) is 10.7. The molecule has 0 radical (unpaired) electrons. The molecule has 252 valence electrons. The molecular formula is C49H44O2. The van der Waals surface area contributed by atoms with Gasteiger partial charge in [-0.25, -0.2) is 0 Å². The molecule has 2 nitrogen and oxygen atoms in total. The highest BCUT2D eigenvalue weighted by Gasteiger charge is 2.44. The lowest BCUT2D eigenvalue weighted by atomic mass is 9.71. The van der Waals surface area contributed by atoms with Gasteiger partial charge < -0.3 is 9.15 Å². The van der Waals surface area contributed by atoms with Gasteiger partial charge in [-0.1, -0.05) is 110 Å². The molecule has 5 aliphatic carbocycles. The van der Waals surface area contributed by atoms with Gasteiger partial charge in [0.1, 0.15) is 5.58 Å². The number of allylic oxidation sites excluding steroid dienone is 5. The summed E-state index contributed by atoms with van der Waals surface area (Å²) in [6, 6.07) is 25.0. The summed E-state index contributed by atoms with van der Waals surface area (Å²) < 4.78 is 13.2. The van der Waals surface area contributed by atoms with Crippen molar-refractivity contribution in [3.8, 4) is 11.1 Å². The number of hydrogen-bond acceptors (Lipinski definition) is 2. The minimum Gasteiger partial charge on any atom is -0.486 e. The van der Waals surface area contributed by atoms with Crippen LogP contribution < -0.4 is 0 Å². The largest absolute Gasteiger partial charge is 0.486 e. The molecule has 2 heteroatoms. The van der Waals surface area contributed by atoms with Crippen molar-refractivity contribution in [2.24, 2.45) is 17.8 Å². The molecule has 0 saturated heterocycles. The number of hydrogen-bond donors (Lipinski definition) is 0. The average molecular weight is 665 g/mol. The predicted octanol–water partition coefficient (Wildman–Crippen LogP) is 13.1. The second-order valence-electron chi connectivity index (χ2n) is 16.0. The van der Waals surface area contributed by atoms with E-state index in [1.165, 1.54) is 86.6 Å². The minimum atomic E-state index is -0.0200. The number of furan rings is 1. The molecule has 5 atom stereocenters. The van der Waals surface area contributed by atoms with Crippen molar-refractivity contribution in [1.29, 1.82) is 0 Å². The van der Waals surface area contributed by atoms with E-state index in [4.69, 9.17) is 9.15 Å². The molecule has 51 heavy (non-hydrogen) atoms. The third-order valence-electron chi connectivity index (χ3n) is 13.1. The summed E-state index contributed by atoms with van der Waals surface area (Å²) in [7, 11) is 0. The van der Waals surface area contributed by atoms with Gasteiger partial charge in [-0.2, -0.15) is 0 Å². The zero-order valence-corrected chi connectivity index (χ0v) is 29.5. The maximum absolute atomic E-state index is 6.75. The number of benzene rings is 4. The predicted molar refractivity (Wildman–Crippen MR) is 210 cm³/mol. The van der Waals surface area contributed by atoms with E-state index in [1.807, 2.05) is 0 Å². The van der Waals surface area contributed by atoms with Gasteiger partial charge in [-0.3, -0.25) is 0 Å². The Labute approximate surface area is 300 Å². The lowest BCUT2D eigenvalue weighted by Gasteiger charge is -2.33. The number of rotatable bonds is 3. The first-order chi connectivity index (χ1) is 25.2. The molecule has 0 bridgehead atoms. The van der Waals surface area contributed by atoms with Crippen molar-refractivity contribution < 1.29 is 9.15 Å². The third-order valence-corrected chi connectivity index (χ3v) is 13.1. The first-order valence-corrected chi connectivity index (χ1v) is 19.5. The van der Waals surface area contributed by atoms with Crippen molar-refractivity contribution in [2.75, 3.05) is 0 Å². The molecule has 0 N–H and O–H groups in total. The third kappa shape index (κ3) is 4.68. The Morgan fingerprint density at radius 2 is 1.65 bits per heavy atom. The smallest absolute Gasteiger partial charge is 0.166 e. The van der Waals surface area contributed by atoms with Crippen LogP contribution in [-0.2, 0) is 17.6 Å². The van der Waals surface area contributed by atoms with Gasteiger partial charge in [-0.05, 0) is 131 Å². The summed E-state index contributed by atoms with van der Waals surface area (Å²) in [5.41, 5.74) is 15.7. The molecule has 11 rings (SSSR count). The summed E-state index contributed by atoms with van der Waals surface area (Å²) in [5, 5.41) is 4.06. The van der Waals surface area contributed by atoms with Crippen molar-refractivity contribution in [3.05, 3.63) is 147 Å². The van der Waals surface area contributed by atoms with Gasteiger partial charge >= 0.3 is 0 Å². The highest BCUT2D eigenvalue weighted by atomic mass is 16.5. The second kappa shape index (κ2) is 11.6. The zero-order valence-electron chi connectivity index (χ0n) is 29.5. The normalized spacial score (nSPS) is 26.0. The van der Waals surface area contributed by atoms with E-state index in [9.17, 15) is 0 Å². The molecular weight excluding hydrogens is 621 g/mol. The Bertz CT molecular complexity index is 2420. The summed E-state index contributed by atoms with van der Waals surface area (Å²) in [4.78, 5) is 0. The molecule has 6 aliphatic rings. The molecule has 1 aromatic heterocycles. The highest BCUT2D eigenvalue weighted by molar-refractivity contribution is 6.04. The van der Waals surface area contributed by atoms with E-state index >= 15 is 0 Å². The van der Waals surface area contributed by atoms with Crippen LogP contribution in [0.25, 0.3) is 51.1 Å². The first-order valence-electron chi connectivity index (χ1n) is 19.5. The zero-order chi connectivity index (χ0) is 33.6. The first kappa shape index (κ1) is 29.9. The SMILES string of the molecule is CC1C=Cc2cc(-c3c4c(c(C5C=C(C6CCC7=C(C6)C6C=Cc8c(oc9ccccc89)C6O7)CCC5)c5ccccc35)CCC=C4)ccc2C1. The van der Waals surface area contributed by atoms with E-state index < -0.39 is 0 Å². The van der Waals surface area contributed by atoms with E-state index in [1.54, 1.807) is 16.7 Å². The maximum Gasteiger partial charge on any atom is 0.166 e. The quantitative estimate of drug-likeness (QED) is 0.179. The van der Waals surface area contributed by atoms with Crippen LogP contribution in [0.4, 0.5) is 0 Å². The molecule has 0 saturated carbocycles. The lowest BCUT2D eigenvalue weighted by Crippen LogP contribution is -2.18. The molecule has 0 spiro atoms. The Kier molecular flexibility index (Phi) is 6.79.